The lowest BCUT2D eigenvalue weighted by Gasteiger charge is -2.31. The first-order valence-corrected chi connectivity index (χ1v) is 14.2. The second-order valence-corrected chi connectivity index (χ2v) is 11.7. The summed E-state index contributed by atoms with van der Waals surface area (Å²) < 4.78 is 27.3. The predicted octanol–water partition coefficient (Wildman–Crippen LogP) is 3.57. The van der Waals surface area contributed by atoms with E-state index in [9.17, 15) is 13.2 Å². The topological polar surface area (TPSA) is 69.7 Å². The van der Waals surface area contributed by atoms with Gasteiger partial charge in [-0.1, -0.05) is 54.6 Å². The van der Waals surface area contributed by atoms with Crippen LogP contribution in [-0.2, 0) is 34.3 Å². The minimum atomic E-state index is -3.36. The molecular formula is C27H37N3O3S. The summed E-state index contributed by atoms with van der Waals surface area (Å²) in [5, 5.41) is 3.05. The smallest absolute Gasteiger partial charge is 0.224 e. The molecule has 0 saturated carbocycles. The van der Waals surface area contributed by atoms with Crippen LogP contribution in [0.2, 0.25) is 0 Å². The van der Waals surface area contributed by atoms with Crippen molar-refractivity contribution in [3.8, 4) is 0 Å². The van der Waals surface area contributed by atoms with Crippen LogP contribution in [-0.4, -0.2) is 55.5 Å². The molecule has 1 atom stereocenters. The molecule has 2 aromatic carbocycles. The van der Waals surface area contributed by atoms with Crippen molar-refractivity contribution in [1.82, 2.24) is 14.5 Å². The molecule has 2 heterocycles. The molecule has 0 aromatic heterocycles. The number of aryl methyl sites for hydroxylation is 1. The lowest BCUT2D eigenvalue weighted by atomic mass is 9.98. The maximum Gasteiger partial charge on any atom is 0.224 e. The molecule has 184 valence electrons. The SMILES string of the molecule is O=C(NCc1cccc(CN2CCCC2)c1)C1CCCN(S(=O)(=O)CCCc2ccccc2)C1. The van der Waals surface area contributed by atoms with Crippen molar-refractivity contribution in [2.24, 2.45) is 5.92 Å². The number of benzene rings is 2. The van der Waals surface area contributed by atoms with E-state index >= 15 is 0 Å². The number of amides is 1. The molecule has 2 aliphatic heterocycles. The van der Waals surface area contributed by atoms with E-state index in [-0.39, 0.29) is 24.1 Å². The lowest BCUT2D eigenvalue weighted by molar-refractivity contribution is -0.126. The summed E-state index contributed by atoms with van der Waals surface area (Å²) >= 11 is 0. The number of carbonyl (C=O) groups excluding carboxylic acids is 1. The van der Waals surface area contributed by atoms with Gasteiger partial charge in [-0.05, 0) is 68.3 Å². The fourth-order valence-corrected chi connectivity index (χ4v) is 6.59. The molecule has 6 nitrogen and oxygen atoms in total. The van der Waals surface area contributed by atoms with Crippen LogP contribution in [0.1, 0.15) is 48.8 Å². The molecule has 0 spiro atoms. The molecule has 2 aliphatic rings. The molecule has 4 rings (SSSR count). The van der Waals surface area contributed by atoms with Gasteiger partial charge in [-0.3, -0.25) is 9.69 Å². The Bertz CT molecular complexity index is 1040. The van der Waals surface area contributed by atoms with Crippen LogP contribution in [0, 0.1) is 5.92 Å². The Kier molecular flexibility index (Phi) is 8.75. The van der Waals surface area contributed by atoms with Gasteiger partial charge in [0, 0.05) is 26.2 Å². The number of piperidine rings is 1. The lowest BCUT2D eigenvalue weighted by Crippen LogP contribution is -2.46. The Labute approximate surface area is 204 Å². The molecule has 0 bridgehead atoms. The molecule has 2 fully saturated rings. The van der Waals surface area contributed by atoms with E-state index in [1.165, 1.54) is 22.7 Å². The fraction of sp³-hybridized carbons (Fsp3) is 0.519. The molecular weight excluding hydrogens is 446 g/mol. The molecule has 34 heavy (non-hydrogen) atoms. The van der Waals surface area contributed by atoms with Gasteiger partial charge in [-0.2, -0.15) is 0 Å². The van der Waals surface area contributed by atoms with Crippen molar-refractivity contribution in [1.29, 1.82) is 0 Å². The number of likely N-dealkylation sites (tertiary alicyclic amines) is 1. The van der Waals surface area contributed by atoms with Crippen molar-refractivity contribution in [3.63, 3.8) is 0 Å². The minimum Gasteiger partial charge on any atom is -0.352 e. The van der Waals surface area contributed by atoms with Crippen LogP contribution in [0.4, 0.5) is 0 Å². The standard InChI is InChI=1S/C27H37N3O3S/c31-27(28-20-24-11-6-12-25(19-24)21-29-15-4-5-16-29)26-14-7-17-30(22-26)34(32,33)18-8-13-23-9-2-1-3-10-23/h1-3,6,9-12,19,26H,4-5,7-8,13-18,20-22H2,(H,28,31). The van der Waals surface area contributed by atoms with E-state index in [4.69, 9.17) is 0 Å². The number of nitrogens with one attached hydrogen (secondary N) is 1. The number of nitrogens with zero attached hydrogens (tertiary/aromatic N) is 2. The summed E-state index contributed by atoms with van der Waals surface area (Å²) in [5.41, 5.74) is 3.52. The normalized spacial score (nSPS) is 19.8. The Morgan fingerprint density at radius 3 is 2.44 bits per heavy atom. The summed E-state index contributed by atoms with van der Waals surface area (Å²) in [6, 6.07) is 18.4. The Morgan fingerprint density at radius 1 is 0.912 bits per heavy atom. The van der Waals surface area contributed by atoms with Crippen molar-refractivity contribution in [2.45, 2.75) is 51.6 Å². The Balaban J connectivity index is 1.25. The zero-order valence-electron chi connectivity index (χ0n) is 20.0. The molecule has 0 radical (unpaired) electrons. The highest BCUT2D eigenvalue weighted by atomic mass is 32.2. The van der Waals surface area contributed by atoms with E-state index in [2.05, 4.69) is 28.4 Å². The van der Waals surface area contributed by atoms with E-state index in [1.807, 2.05) is 36.4 Å². The Hall–Kier alpha value is -2.22. The largest absolute Gasteiger partial charge is 0.352 e. The van der Waals surface area contributed by atoms with Gasteiger partial charge < -0.3 is 5.32 Å². The van der Waals surface area contributed by atoms with E-state index in [0.29, 0.717) is 19.5 Å². The third-order valence-electron chi connectivity index (χ3n) is 6.92. The van der Waals surface area contributed by atoms with Crippen molar-refractivity contribution in [3.05, 3.63) is 71.3 Å². The van der Waals surface area contributed by atoms with Gasteiger partial charge in [0.05, 0.1) is 11.7 Å². The summed E-state index contributed by atoms with van der Waals surface area (Å²) in [6.45, 7) is 4.56. The summed E-state index contributed by atoms with van der Waals surface area (Å²) in [7, 11) is -3.36. The molecule has 0 aliphatic carbocycles. The zero-order chi connectivity index (χ0) is 23.8. The number of rotatable bonds is 10. The first kappa shape index (κ1) is 24.9. The van der Waals surface area contributed by atoms with Crippen molar-refractivity contribution in [2.75, 3.05) is 31.9 Å². The summed E-state index contributed by atoms with van der Waals surface area (Å²) in [6.07, 6.45) is 5.34. The van der Waals surface area contributed by atoms with Gasteiger partial charge in [0.2, 0.25) is 15.9 Å². The van der Waals surface area contributed by atoms with Crippen LogP contribution in [0.3, 0.4) is 0 Å². The minimum absolute atomic E-state index is 0.0471. The van der Waals surface area contributed by atoms with Gasteiger partial charge >= 0.3 is 0 Å². The van der Waals surface area contributed by atoms with Crippen molar-refractivity contribution < 1.29 is 13.2 Å². The van der Waals surface area contributed by atoms with Crippen molar-refractivity contribution >= 4 is 15.9 Å². The fourth-order valence-electron chi connectivity index (χ4n) is 5.01. The van der Waals surface area contributed by atoms with Gasteiger partial charge in [0.1, 0.15) is 0 Å². The summed E-state index contributed by atoms with van der Waals surface area (Å²) in [4.78, 5) is 15.3. The monoisotopic (exact) mass is 483 g/mol. The third kappa shape index (κ3) is 7.14. The van der Waals surface area contributed by atoms with Gasteiger partial charge in [0.15, 0.2) is 0 Å². The number of carbonyl (C=O) groups is 1. The van der Waals surface area contributed by atoms with E-state index < -0.39 is 10.0 Å². The second-order valence-electron chi connectivity index (χ2n) is 9.62. The molecule has 1 unspecified atom stereocenters. The molecule has 2 aromatic rings. The maximum atomic E-state index is 12.9. The van der Waals surface area contributed by atoms with Crippen LogP contribution in [0.15, 0.2) is 54.6 Å². The first-order valence-electron chi connectivity index (χ1n) is 12.6. The molecule has 2 saturated heterocycles. The zero-order valence-corrected chi connectivity index (χ0v) is 20.8. The summed E-state index contributed by atoms with van der Waals surface area (Å²) in [5.74, 6) is -0.209. The van der Waals surface area contributed by atoms with Gasteiger partial charge in [-0.25, -0.2) is 12.7 Å². The third-order valence-corrected chi connectivity index (χ3v) is 8.84. The molecule has 1 amide bonds. The van der Waals surface area contributed by atoms with Crippen LogP contribution in [0.25, 0.3) is 0 Å². The highest BCUT2D eigenvalue weighted by molar-refractivity contribution is 7.89. The van der Waals surface area contributed by atoms with Gasteiger partial charge in [0.25, 0.3) is 0 Å². The van der Waals surface area contributed by atoms with Crippen LogP contribution in [0.5, 0.6) is 0 Å². The average molecular weight is 484 g/mol. The second kappa shape index (κ2) is 12.0. The van der Waals surface area contributed by atoms with E-state index in [0.717, 1.165) is 50.0 Å². The Morgan fingerprint density at radius 2 is 1.65 bits per heavy atom. The first-order chi connectivity index (χ1) is 16.5. The molecule has 7 heteroatoms. The number of hydrogen-bond acceptors (Lipinski definition) is 4. The quantitative estimate of drug-likeness (QED) is 0.561. The highest BCUT2D eigenvalue weighted by Gasteiger charge is 2.32. The van der Waals surface area contributed by atoms with Crippen LogP contribution < -0.4 is 5.32 Å². The number of hydrogen-bond donors (Lipinski definition) is 1. The number of sulfonamides is 1. The van der Waals surface area contributed by atoms with E-state index in [1.54, 1.807) is 0 Å². The predicted molar refractivity (Wildman–Crippen MR) is 136 cm³/mol. The van der Waals surface area contributed by atoms with Crippen LogP contribution >= 0.6 is 0 Å². The molecule has 1 N–H and O–H groups in total. The van der Waals surface area contributed by atoms with Gasteiger partial charge in [-0.15, -0.1) is 0 Å². The highest BCUT2D eigenvalue weighted by Crippen LogP contribution is 2.21. The maximum absolute atomic E-state index is 12.9. The average Bonchev–Trinajstić information content (AvgIpc) is 3.36.